The summed E-state index contributed by atoms with van der Waals surface area (Å²) in [4.78, 5) is 12.1. The van der Waals surface area contributed by atoms with Crippen molar-refractivity contribution < 1.29 is 23.6 Å². The van der Waals surface area contributed by atoms with E-state index in [0.717, 1.165) is 32.4 Å². The van der Waals surface area contributed by atoms with Crippen molar-refractivity contribution in [2.24, 2.45) is 0 Å². The summed E-state index contributed by atoms with van der Waals surface area (Å²) in [6.45, 7) is 7.51. The fourth-order valence-electron chi connectivity index (χ4n) is 4.73. The lowest BCUT2D eigenvalue weighted by Crippen LogP contribution is -2.29. The average Bonchev–Trinajstić information content (AvgIpc) is 3.44. The molecule has 38 heavy (non-hydrogen) atoms. The number of nitrogens with zero attached hydrogens (tertiary/aromatic N) is 1. The number of carbonyl (C=O) groups excluding carboxylic acids is 1. The van der Waals surface area contributed by atoms with Gasteiger partial charge in [0.15, 0.2) is 6.20 Å². The molecule has 6 heteroatoms. The van der Waals surface area contributed by atoms with Crippen molar-refractivity contribution in [3.8, 4) is 0 Å². The monoisotopic (exact) mass is 554 g/mol. The van der Waals surface area contributed by atoms with Crippen LogP contribution >= 0.6 is 11.3 Å². The maximum atomic E-state index is 12.1. The van der Waals surface area contributed by atoms with Crippen LogP contribution in [0.5, 0.6) is 0 Å². The van der Waals surface area contributed by atoms with Crippen molar-refractivity contribution in [1.29, 1.82) is 0 Å². The van der Waals surface area contributed by atoms with Gasteiger partial charge in [-0.2, -0.15) is 4.57 Å². The molecule has 222 valence electrons. The van der Waals surface area contributed by atoms with Crippen molar-refractivity contribution in [2.75, 3.05) is 26.4 Å². The minimum atomic E-state index is -0.162. The van der Waals surface area contributed by atoms with Crippen molar-refractivity contribution >= 4 is 17.3 Å². The van der Waals surface area contributed by atoms with Gasteiger partial charge in [0.2, 0.25) is 5.51 Å². The first-order chi connectivity index (χ1) is 18.8. The highest BCUT2D eigenvalue weighted by atomic mass is 32.1. The van der Waals surface area contributed by atoms with Crippen molar-refractivity contribution in [2.45, 2.75) is 155 Å². The molecular weight excluding hydrogens is 494 g/mol. The molecule has 0 aliphatic rings. The molecule has 0 bridgehead atoms. The second kappa shape index (κ2) is 27.6. The SMILES string of the molecule is CCCCCCCCCCCCCCCCOCC(COC(=O)CCCCCCC[n+]1ccsc1)OCC. The normalized spacial score (nSPS) is 12.2. The summed E-state index contributed by atoms with van der Waals surface area (Å²) in [5.74, 6) is -0.115. The Morgan fingerprint density at radius 3 is 1.89 bits per heavy atom. The standard InChI is InChI=1S/C32H60NO4S/c1-3-5-6-7-8-9-10-11-12-13-14-15-19-22-26-35-28-31(36-4-2)29-37-32(34)23-20-17-16-18-21-24-33-25-27-38-30-33/h25,27,30-31H,3-24,26,28-29H2,1-2H3/q+1. The summed E-state index contributed by atoms with van der Waals surface area (Å²) >= 11 is 1.73. The van der Waals surface area contributed by atoms with E-state index in [2.05, 4.69) is 28.6 Å². The number of aromatic nitrogens is 1. The van der Waals surface area contributed by atoms with E-state index in [1.165, 1.54) is 103 Å². The Kier molecular flexibility index (Phi) is 25.4. The number of carbonyl (C=O) groups is 1. The number of thiazole rings is 1. The Morgan fingerprint density at radius 2 is 1.32 bits per heavy atom. The van der Waals surface area contributed by atoms with Crippen molar-refractivity contribution in [3.63, 3.8) is 0 Å². The molecule has 1 unspecified atom stereocenters. The summed E-state index contributed by atoms with van der Waals surface area (Å²) in [5, 5.41) is 2.11. The molecule has 1 aromatic heterocycles. The van der Waals surface area contributed by atoms with E-state index >= 15 is 0 Å². The highest BCUT2D eigenvalue weighted by molar-refractivity contribution is 7.07. The topological polar surface area (TPSA) is 48.6 Å². The third-order valence-corrected chi connectivity index (χ3v) is 7.77. The molecule has 0 fully saturated rings. The highest BCUT2D eigenvalue weighted by Gasteiger charge is 2.12. The molecule has 5 nitrogen and oxygen atoms in total. The summed E-state index contributed by atoms with van der Waals surface area (Å²) in [6, 6.07) is 0. The van der Waals surface area contributed by atoms with Gasteiger partial charge in [0.05, 0.1) is 12.0 Å². The number of hydrogen-bond donors (Lipinski definition) is 0. The molecule has 0 aromatic carbocycles. The van der Waals surface area contributed by atoms with Crippen LogP contribution < -0.4 is 4.57 Å². The number of unbranched alkanes of at least 4 members (excludes halogenated alkanes) is 17. The third-order valence-electron chi connectivity index (χ3n) is 7.10. The Labute approximate surface area is 239 Å². The van der Waals surface area contributed by atoms with Gasteiger partial charge >= 0.3 is 5.97 Å². The van der Waals surface area contributed by atoms with Crippen molar-refractivity contribution in [1.82, 2.24) is 0 Å². The van der Waals surface area contributed by atoms with Gasteiger partial charge in [-0.15, -0.1) is 0 Å². The molecular formula is C32H60NO4S+. The van der Waals surface area contributed by atoms with E-state index in [4.69, 9.17) is 14.2 Å². The van der Waals surface area contributed by atoms with Crippen LogP contribution in [0.15, 0.2) is 17.1 Å². The zero-order chi connectivity index (χ0) is 27.4. The van der Waals surface area contributed by atoms with Crippen LogP contribution in [0.25, 0.3) is 0 Å². The quantitative estimate of drug-likeness (QED) is 0.0564. The molecule has 0 saturated carbocycles. The first-order valence-electron chi connectivity index (χ1n) is 16.0. The summed E-state index contributed by atoms with van der Waals surface area (Å²) in [7, 11) is 0. The Hall–Kier alpha value is -0.980. The molecule has 0 amide bonds. The number of ether oxygens (including phenoxy) is 3. The largest absolute Gasteiger partial charge is 0.463 e. The predicted molar refractivity (Wildman–Crippen MR) is 160 cm³/mol. The minimum absolute atomic E-state index is 0.115. The molecule has 0 spiro atoms. The van der Waals surface area contributed by atoms with Gasteiger partial charge in [0.1, 0.15) is 19.3 Å². The van der Waals surface area contributed by atoms with E-state index in [0.29, 0.717) is 26.2 Å². The number of rotatable bonds is 29. The fraction of sp³-hybridized carbons (Fsp3) is 0.875. The van der Waals surface area contributed by atoms with E-state index < -0.39 is 0 Å². The first kappa shape index (κ1) is 35.0. The van der Waals surface area contributed by atoms with Gasteiger partial charge in [-0.1, -0.05) is 115 Å². The van der Waals surface area contributed by atoms with Crippen LogP contribution in [0.4, 0.5) is 0 Å². The summed E-state index contributed by atoms with van der Waals surface area (Å²) < 4.78 is 19.3. The van der Waals surface area contributed by atoms with Gasteiger partial charge in [-0.3, -0.25) is 4.79 Å². The lowest BCUT2D eigenvalue weighted by atomic mass is 10.0. The molecule has 0 radical (unpaired) electrons. The second-order valence-electron chi connectivity index (χ2n) is 10.7. The van der Waals surface area contributed by atoms with Gasteiger partial charge in [-0.05, 0) is 26.2 Å². The molecule has 0 aliphatic carbocycles. The fourth-order valence-corrected chi connectivity index (χ4v) is 5.36. The number of aryl methyl sites for hydroxylation is 1. The maximum Gasteiger partial charge on any atom is 0.305 e. The van der Waals surface area contributed by atoms with Gasteiger partial charge < -0.3 is 14.2 Å². The highest BCUT2D eigenvalue weighted by Crippen LogP contribution is 2.13. The number of esters is 1. The Balaban J connectivity index is 1.87. The predicted octanol–water partition coefficient (Wildman–Crippen LogP) is 8.82. The summed E-state index contributed by atoms with van der Waals surface area (Å²) in [5.41, 5.74) is 2.15. The molecule has 1 atom stereocenters. The van der Waals surface area contributed by atoms with Crippen LogP contribution in [0.1, 0.15) is 142 Å². The lowest BCUT2D eigenvalue weighted by molar-refractivity contribution is -0.692. The Bertz CT molecular complexity index is 611. The lowest BCUT2D eigenvalue weighted by Gasteiger charge is -2.17. The number of hydrogen-bond acceptors (Lipinski definition) is 5. The van der Waals surface area contributed by atoms with Crippen LogP contribution in [-0.2, 0) is 25.5 Å². The molecule has 0 aliphatic heterocycles. The smallest absolute Gasteiger partial charge is 0.305 e. The van der Waals surface area contributed by atoms with Gasteiger partial charge in [-0.25, -0.2) is 0 Å². The van der Waals surface area contributed by atoms with Crippen molar-refractivity contribution in [3.05, 3.63) is 17.1 Å². The maximum absolute atomic E-state index is 12.1. The van der Waals surface area contributed by atoms with Gasteiger partial charge in [0.25, 0.3) is 0 Å². The van der Waals surface area contributed by atoms with Crippen LogP contribution in [0.3, 0.4) is 0 Å². The van der Waals surface area contributed by atoms with E-state index in [-0.39, 0.29) is 12.1 Å². The van der Waals surface area contributed by atoms with E-state index in [1.54, 1.807) is 11.3 Å². The third kappa shape index (κ3) is 23.0. The van der Waals surface area contributed by atoms with E-state index in [9.17, 15) is 4.79 Å². The molecule has 0 saturated heterocycles. The molecule has 1 heterocycles. The summed E-state index contributed by atoms with van der Waals surface area (Å²) in [6.07, 6.45) is 27.1. The van der Waals surface area contributed by atoms with E-state index in [1.807, 2.05) is 6.92 Å². The van der Waals surface area contributed by atoms with Crippen LogP contribution in [0, 0.1) is 0 Å². The zero-order valence-electron chi connectivity index (χ0n) is 25.0. The average molecular weight is 555 g/mol. The zero-order valence-corrected chi connectivity index (χ0v) is 25.8. The van der Waals surface area contributed by atoms with Crippen LogP contribution in [-0.4, -0.2) is 38.5 Å². The second-order valence-corrected chi connectivity index (χ2v) is 11.5. The first-order valence-corrected chi connectivity index (χ1v) is 17.0. The Morgan fingerprint density at radius 1 is 0.737 bits per heavy atom. The minimum Gasteiger partial charge on any atom is -0.463 e. The van der Waals surface area contributed by atoms with Gasteiger partial charge in [0, 0.05) is 26.1 Å². The molecule has 1 rings (SSSR count). The molecule has 1 aromatic rings. The van der Waals surface area contributed by atoms with Crippen LogP contribution in [0.2, 0.25) is 0 Å². The molecule has 0 N–H and O–H groups in total.